The molecular weight excluding hydrogens is 156 g/mol. The molecule has 1 atom stereocenters. The SMILES string of the molecule is CCOC(=O)CCC1CCCO1. The van der Waals surface area contributed by atoms with Crippen molar-refractivity contribution in [2.24, 2.45) is 0 Å². The molecule has 3 nitrogen and oxygen atoms in total. The van der Waals surface area contributed by atoms with E-state index in [0.29, 0.717) is 19.1 Å². The third-order valence-corrected chi connectivity index (χ3v) is 2.00. The Balaban J connectivity index is 2.03. The first-order valence-corrected chi connectivity index (χ1v) is 4.60. The van der Waals surface area contributed by atoms with E-state index in [1.807, 2.05) is 6.92 Å². The average Bonchev–Trinajstić information content (AvgIpc) is 2.53. The number of hydrogen-bond acceptors (Lipinski definition) is 3. The van der Waals surface area contributed by atoms with Crippen molar-refractivity contribution in [2.75, 3.05) is 13.2 Å². The van der Waals surface area contributed by atoms with Crippen molar-refractivity contribution in [3.8, 4) is 0 Å². The fourth-order valence-electron chi connectivity index (χ4n) is 1.38. The molecule has 0 aromatic rings. The number of ether oxygens (including phenoxy) is 2. The first kappa shape index (κ1) is 9.52. The van der Waals surface area contributed by atoms with E-state index in [1.165, 1.54) is 0 Å². The van der Waals surface area contributed by atoms with Gasteiger partial charge in [0, 0.05) is 13.0 Å². The summed E-state index contributed by atoms with van der Waals surface area (Å²) in [5.74, 6) is -0.104. The summed E-state index contributed by atoms with van der Waals surface area (Å²) < 4.78 is 10.2. The van der Waals surface area contributed by atoms with Crippen LogP contribution in [0.25, 0.3) is 0 Å². The molecule has 70 valence electrons. The van der Waals surface area contributed by atoms with Gasteiger partial charge in [-0.2, -0.15) is 0 Å². The van der Waals surface area contributed by atoms with Gasteiger partial charge < -0.3 is 9.47 Å². The maximum Gasteiger partial charge on any atom is 0.305 e. The predicted molar refractivity (Wildman–Crippen MR) is 44.8 cm³/mol. The van der Waals surface area contributed by atoms with Gasteiger partial charge in [-0.25, -0.2) is 0 Å². The number of hydrogen-bond donors (Lipinski definition) is 0. The van der Waals surface area contributed by atoms with Crippen molar-refractivity contribution in [1.29, 1.82) is 0 Å². The van der Waals surface area contributed by atoms with E-state index in [2.05, 4.69) is 0 Å². The summed E-state index contributed by atoms with van der Waals surface area (Å²) in [7, 11) is 0. The molecule has 1 fully saturated rings. The minimum absolute atomic E-state index is 0.104. The zero-order valence-electron chi connectivity index (χ0n) is 7.54. The van der Waals surface area contributed by atoms with Crippen molar-refractivity contribution in [1.82, 2.24) is 0 Å². The molecule has 0 amide bonds. The van der Waals surface area contributed by atoms with E-state index in [-0.39, 0.29) is 5.97 Å². The Kier molecular flexibility index (Phi) is 4.08. The van der Waals surface area contributed by atoms with Crippen LogP contribution >= 0.6 is 0 Å². The molecule has 12 heavy (non-hydrogen) atoms. The molecule has 1 aliphatic rings. The Labute approximate surface area is 73.0 Å². The highest BCUT2D eigenvalue weighted by Gasteiger charge is 2.16. The predicted octanol–water partition coefficient (Wildman–Crippen LogP) is 1.51. The van der Waals surface area contributed by atoms with Gasteiger partial charge in [-0.15, -0.1) is 0 Å². The second kappa shape index (κ2) is 5.14. The number of esters is 1. The highest BCUT2D eigenvalue weighted by Crippen LogP contribution is 2.16. The van der Waals surface area contributed by atoms with Gasteiger partial charge in [0.1, 0.15) is 0 Å². The van der Waals surface area contributed by atoms with Crippen LogP contribution in [0.15, 0.2) is 0 Å². The molecule has 1 saturated heterocycles. The standard InChI is InChI=1S/C9H16O3/c1-2-11-9(10)6-5-8-4-3-7-12-8/h8H,2-7H2,1H3. The molecule has 0 aliphatic carbocycles. The monoisotopic (exact) mass is 172 g/mol. The first-order chi connectivity index (χ1) is 5.83. The number of rotatable bonds is 4. The van der Waals surface area contributed by atoms with Gasteiger partial charge in [-0.3, -0.25) is 4.79 Å². The summed E-state index contributed by atoms with van der Waals surface area (Å²) in [6, 6.07) is 0. The Hall–Kier alpha value is -0.570. The largest absolute Gasteiger partial charge is 0.466 e. The molecule has 1 unspecified atom stereocenters. The Morgan fingerprint density at radius 2 is 2.50 bits per heavy atom. The van der Waals surface area contributed by atoms with Gasteiger partial charge in [0.15, 0.2) is 0 Å². The topological polar surface area (TPSA) is 35.5 Å². The fraction of sp³-hybridized carbons (Fsp3) is 0.889. The maximum absolute atomic E-state index is 10.9. The van der Waals surface area contributed by atoms with Crippen LogP contribution in [-0.4, -0.2) is 25.3 Å². The van der Waals surface area contributed by atoms with Crippen LogP contribution in [0.5, 0.6) is 0 Å². The van der Waals surface area contributed by atoms with E-state index in [0.717, 1.165) is 25.9 Å². The highest BCUT2D eigenvalue weighted by atomic mass is 16.5. The third kappa shape index (κ3) is 3.22. The van der Waals surface area contributed by atoms with Crippen LogP contribution in [0.1, 0.15) is 32.6 Å². The average molecular weight is 172 g/mol. The molecule has 0 spiro atoms. The second-order valence-corrected chi connectivity index (χ2v) is 2.98. The minimum Gasteiger partial charge on any atom is -0.466 e. The van der Waals surface area contributed by atoms with Gasteiger partial charge in [-0.05, 0) is 26.2 Å². The van der Waals surface area contributed by atoms with Crippen LogP contribution in [0.2, 0.25) is 0 Å². The van der Waals surface area contributed by atoms with Gasteiger partial charge in [0.2, 0.25) is 0 Å². The summed E-state index contributed by atoms with van der Waals surface area (Å²) >= 11 is 0. The quantitative estimate of drug-likeness (QED) is 0.603. The normalized spacial score (nSPS) is 22.6. The van der Waals surface area contributed by atoms with Crippen molar-refractivity contribution < 1.29 is 14.3 Å². The minimum atomic E-state index is -0.104. The molecule has 1 heterocycles. The summed E-state index contributed by atoms with van der Waals surface area (Å²) in [5, 5.41) is 0. The van der Waals surface area contributed by atoms with Gasteiger partial charge in [0.25, 0.3) is 0 Å². The molecule has 0 aromatic carbocycles. The molecule has 0 bridgehead atoms. The summed E-state index contributed by atoms with van der Waals surface area (Å²) in [5.41, 5.74) is 0. The molecule has 3 heteroatoms. The lowest BCUT2D eigenvalue weighted by molar-refractivity contribution is -0.143. The van der Waals surface area contributed by atoms with Crippen molar-refractivity contribution in [3.63, 3.8) is 0 Å². The van der Waals surface area contributed by atoms with Crippen molar-refractivity contribution >= 4 is 5.97 Å². The van der Waals surface area contributed by atoms with E-state index in [1.54, 1.807) is 0 Å². The van der Waals surface area contributed by atoms with E-state index in [4.69, 9.17) is 9.47 Å². The Morgan fingerprint density at radius 3 is 3.08 bits per heavy atom. The zero-order valence-corrected chi connectivity index (χ0v) is 7.54. The van der Waals surface area contributed by atoms with E-state index >= 15 is 0 Å². The molecule has 0 N–H and O–H groups in total. The van der Waals surface area contributed by atoms with E-state index < -0.39 is 0 Å². The van der Waals surface area contributed by atoms with Gasteiger partial charge >= 0.3 is 5.97 Å². The second-order valence-electron chi connectivity index (χ2n) is 2.98. The Bertz CT molecular complexity index is 139. The van der Waals surface area contributed by atoms with Crippen LogP contribution in [0, 0.1) is 0 Å². The highest BCUT2D eigenvalue weighted by molar-refractivity contribution is 5.69. The molecule has 0 radical (unpaired) electrons. The lowest BCUT2D eigenvalue weighted by atomic mass is 10.1. The maximum atomic E-state index is 10.9. The van der Waals surface area contributed by atoms with Gasteiger partial charge in [0.05, 0.1) is 12.7 Å². The van der Waals surface area contributed by atoms with Crippen LogP contribution < -0.4 is 0 Å². The smallest absolute Gasteiger partial charge is 0.305 e. The molecule has 1 aliphatic heterocycles. The van der Waals surface area contributed by atoms with Gasteiger partial charge in [-0.1, -0.05) is 0 Å². The third-order valence-electron chi connectivity index (χ3n) is 2.00. The lowest BCUT2D eigenvalue weighted by Gasteiger charge is -2.07. The molecule has 0 saturated carbocycles. The van der Waals surface area contributed by atoms with Crippen LogP contribution in [-0.2, 0) is 14.3 Å². The summed E-state index contributed by atoms with van der Waals surface area (Å²) in [6.07, 6.45) is 3.85. The van der Waals surface area contributed by atoms with Crippen molar-refractivity contribution in [2.45, 2.75) is 38.7 Å². The van der Waals surface area contributed by atoms with Crippen molar-refractivity contribution in [3.05, 3.63) is 0 Å². The fourth-order valence-corrected chi connectivity index (χ4v) is 1.38. The number of carbonyl (C=O) groups excluding carboxylic acids is 1. The van der Waals surface area contributed by atoms with Crippen LogP contribution in [0.4, 0.5) is 0 Å². The molecule has 0 aromatic heterocycles. The molecule has 1 rings (SSSR count). The number of carbonyl (C=O) groups is 1. The zero-order chi connectivity index (χ0) is 8.81. The van der Waals surface area contributed by atoms with E-state index in [9.17, 15) is 4.79 Å². The first-order valence-electron chi connectivity index (χ1n) is 4.60. The summed E-state index contributed by atoms with van der Waals surface area (Å²) in [6.45, 7) is 3.15. The Morgan fingerprint density at radius 1 is 1.67 bits per heavy atom. The lowest BCUT2D eigenvalue weighted by Crippen LogP contribution is -2.10. The molecular formula is C9H16O3. The summed E-state index contributed by atoms with van der Waals surface area (Å²) in [4.78, 5) is 10.9. The van der Waals surface area contributed by atoms with Crippen LogP contribution in [0.3, 0.4) is 0 Å².